The first-order chi connectivity index (χ1) is 6.72. The van der Waals surface area contributed by atoms with Crippen LogP contribution in [-0.4, -0.2) is 5.25 Å². The molecular formula is C10H7F2NS. The van der Waals surface area contributed by atoms with Gasteiger partial charge in [0.25, 0.3) is 0 Å². The van der Waals surface area contributed by atoms with Crippen molar-refractivity contribution in [2.24, 2.45) is 5.92 Å². The molecule has 0 saturated heterocycles. The van der Waals surface area contributed by atoms with E-state index in [2.05, 4.69) is 6.07 Å². The van der Waals surface area contributed by atoms with Crippen molar-refractivity contribution in [3.8, 4) is 6.07 Å². The van der Waals surface area contributed by atoms with Gasteiger partial charge in [-0.25, -0.2) is 8.78 Å². The Morgan fingerprint density at radius 1 is 1.36 bits per heavy atom. The molecule has 0 heterocycles. The minimum Gasteiger partial charge on any atom is -0.206 e. The zero-order chi connectivity index (χ0) is 10.1. The van der Waals surface area contributed by atoms with Crippen molar-refractivity contribution in [3.63, 3.8) is 0 Å². The maximum absolute atomic E-state index is 13.1. The van der Waals surface area contributed by atoms with E-state index in [0.29, 0.717) is 0 Å². The molecule has 1 saturated carbocycles. The molecule has 72 valence electrons. The van der Waals surface area contributed by atoms with Crippen LogP contribution < -0.4 is 0 Å². The van der Waals surface area contributed by atoms with Gasteiger partial charge in [0, 0.05) is 5.25 Å². The van der Waals surface area contributed by atoms with Gasteiger partial charge in [-0.05, 0) is 18.6 Å². The van der Waals surface area contributed by atoms with Crippen LogP contribution in [0.15, 0.2) is 23.1 Å². The lowest BCUT2D eigenvalue weighted by atomic mass is 10.3. The number of hydrogen-bond donors (Lipinski definition) is 0. The largest absolute Gasteiger partial charge is 0.206 e. The predicted molar refractivity (Wildman–Crippen MR) is 49.7 cm³/mol. The minimum atomic E-state index is -0.543. The molecule has 0 amide bonds. The summed E-state index contributed by atoms with van der Waals surface area (Å²) in [6.07, 6.45) is 0.731. The summed E-state index contributed by atoms with van der Waals surface area (Å²) in [5.74, 6) is -1.13. The molecule has 2 rings (SSSR count). The maximum atomic E-state index is 13.1. The van der Waals surface area contributed by atoms with Crippen molar-refractivity contribution in [2.45, 2.75) is 16.6 Å². The molecule has 1 nitrogen and oxygen atoms in total. The quantitative estimate of drug-likeness (QED) is 0.750. The molecule has 0 radical (unpaired) electrons. The zero-order valence-corrected chi connectivity index (χ0v) is 8.02. The molecule has 1 fully saturated rings. The van der Waals surface area contributed by atoms with E-state index in [0.717, 1.165) is 18.2 Å². The van der Waals surface area contributed by atoms with Gasteiger partial charge in [0.15, 0.2) is 0 Å². The highest BCUT2D eigenvalue weighted by molar-refractivity contribution is 8.00. The smallest absolute Gasteiger partial charge is 0.139 e. The maximum Gasteiger partial charge on any atom is 0.139 e. The van der Waals surface area contributed by atoms with Crippen molar-refractivity contribution in [1.82, 2.24) is 0 Å². The van der Waals surface area contributed by atoms with Gasteiger partial charge in [-0.15, -0.1) is 11.8 Å². The Morgan fingerprint density at radius 3 is 2.50 bits per heavy atom. The fourth-order valence-corrected chi connectivity index (χ4v) is 2.38. The molecule has 1 aliphatic rings. The molecule has 14 heavy (non-hydrogen) atoms. The number of benzene rings is 1. The molecule has 0 bridgehead atoms. The average Bonchev–Trinajstić information content (AvgIpc) is 2.90. The summed E-state index contributed by atoms with van der Waals surface area (Å²) < 4.78 is 26.3. The van der Waals surface area contributed by atoms with Crippen LogP contribution in [0.3, 0.4) is 0 Å². The first-order valence-electron chi connectivity index (χ1n) is 4.22. The van der Waals surface area contributed by atoms with Gasteiger partial charge in [-0.2, -0.15) is 5.26 Å². The monoisotopic (exact) mass is 211 g/mol. The van der Waals surface area contributed by atoms with Crippen LogP contribution >= 0.6 is 11.8 Å². The summed E-state index contributed by atoms with van der Waals surface area (Å²) in [6.45, 7) is 0. The topological polar surface area (TPSA) is 23.8 Å². The second-order valence-electron chi connectivity index (χ2n) is 3.18. The molecular weight excluding hydrogens is 204 g/mol. The third kappa shape index (κ3) is 1.73. The van der Waals surface area contributed by atoms with Crippen molar-refractivity contribution in [2.75, 3.05) is 0 Å². The second-order valence-corrected chi connectivity index (χ2v) is 4.43. The van der Waals surface area contributed by atoms with E-state index in [9.17, 15) is 8.78 Å². The molecule has 0 N–H and O–H groups in total. The molecule has 1 aliphatic carbocycles. The van der Waals surface area contributed by atoms with Crippen LogP contribution in [0.25, 0.3) is 0 Å². The van der Waals surface area contributed by atoms with Crippen LogP contribution in [0, 0.1) is 28.9 Å². The summed E-state index contributed by atoms with van der Waals surface area (Å²) in [4.78, 5) is 0.0373. The summed E-state index contributed by atoms with van der Waals surface area (Å²) in [5.41, 5.74) is 0. The van der Waals surface area contributed by atoms with Gasteiger partial charge in [-0.1, -0.05) is 6.07 Å². The Balaban J connectivity index is 2.14. The molecule has 0 aliphatic heterocycles. The molecule has 1 aromatic carbocycles. The zero-order valence-electron chi connectivity index (χ0n) is 7.21. The van der Waals surface area contributed by atoms with Crippen LogP contribution in [-0.2, 0) is 0 Å². The Bertz CT molecular complexity index is 379. The van der Waals surface area contributed by atoms with E-state index in [1.807, 2.05) is 0 Å². The van der Waals surface area contributed by atoms with Gasteiger partial charge in [0.1, 0.15) is 11.6 Å². The summed E-state index contributed by atoms with van der Waals surface area (Å²) in [5, 5.41) is 8.60. The van der Waals surface area contributed by atoms with Crippen molar-refractivity contribution < 1.29 is 8.78 Å². The van der Waals surface area contributed by atoms with Crippen LogP contribution in [0.1, 0.15) is 6.42 Å². The van der Waals surface area contributed by atoms with E-state index in [1.165, 1.54) is 18.2 Å². The highest BCUT2D eigenvalue weighted by Crippen LogP contribution is 2.45. The number of halogens is 2. The van der Waals surface area contributed by atoms with E-state index in [-0.39, 0.29) is 16.1 Å². The minimum absolute atomic E-state index is 0.0373. The van der Waals surface area contributed by atoms with E-state index in [4.69, 9.17) is 5.26 Å². The molecule has 0 aromatic heterocycles. The lowest BCUT2D eigenvalue weighted by Crippen LogP contribution is -1.89. The first-order valence-corrected chi connectivity index (χ1v) is 5.10. The number of rotatable bonds is 2. The Labute approximate surface area is 84.7 Å². The number of nitriles is 1. The van der Waals surface area contributed by atoms with E-state index >= 15 is 0 Å². The van der Waals surface area contributed by atoms with Crippen molar-refractivity contribution in [1.29, 1.82) is 5.26 Å². The third-order valence-electron chi connectivity index (χ3n) is 2.09. The van der Waals surface area contributed by atoms with Crippen molar-refractivity contribution >= 4 is 11.8 Å². The van der Waals surface area contributed by atoms with E-state index in [1.54, 1.807) is 0 Å². The first kappa shape index (κ1) is 9.47. The lowest BCUT2D eigenvalue weighted by molar-refractivity contribution is 0.540. The summed E-state index contributed by atoms with van der Waals surface area (Å²) >= 11 is 1.12. The average molecular weight is 211 g/mol. The van der Waals surface area contributed by atoms with Gasteiger partial charge in [0.2, 0.25) is 0 Å². The van der Waals surface area contributed by atoms with Gasteiger partial charge in [0.05, 0.1) is 16.9 Å². The van der Waals surface area contributed by atoms with E-state index < -0.39 is 11.6 Å². The molecule has 2 unspecified atom stereocenters. The normalized spacial score (nSPS) is 24.4. The summed E-state index contributed by atoms with van der Waals surface area (Å²) in [7, 11) is 0. The van der Waals surface area contributed by atoms with Gasteiger partial charge >= 0.3 is 0 Å². The van der Waals surface area contributed by atoms with Gasteiger partial charge < -0.3 is 0 Å². The summed E-state index contributed by atoms with van der Waals surface area (Å²) in [6, 6.07) is 5.88. The predicted octanol–water partition coefficient (Wildman–Crippen LogP) is 2.97. The lowest BCUT2D eigenvalue weighted by Gasteiger charge is -2.02. The standard InChI is InChI=1S/C10H7F2NS/c11-7-2-1-3-8(12)10(7)14-9-4-6(9)5-13/h1-3,6,9H,4H2. The van der Waals surface area contributed by atoms with Crippen LogP contribution in [0.4, 0.5) is 8.78 Å². The highest BCUT2D eigenvalue weighted by Gasteiger charge is 2.39. The fraction of sp³-hybridized carbons (Fsp3) is 0.300. The Kier molecular flexibility index (Phi) is 2.42. The third-order valence-corrected chi connectivity index (χ3v) is 3.54. The molecule has 0 spiro atoms. The fourth-order valence-electron chi connectivity index (χ4n) is 1.18. The molecule has 4 heteroatoms. The van der Waals surface area contributed by atoms with Gasteiger partial charge in [-0.3, -0.25) is 0 Å². The SMILES string of the molecule is N#CC1CC1Sc1c(F)cccc1F. The Hall–Kier alpha value is -1.08. The number of hydrogen-bond acceptors (Lipinski definition) is 2. The Morgan fingerprint density at radius 2 is 2.00 bits per heavy atom. The van der Waals surface area contributed by atoms with Crippen LogP contribution in [0.5, 0.6) is 0 Å². The number of thioether (sulfide) groups is 1. The van der Waals surface area contributed by atoms with Crippen molar-refractivity contribution in [3.05, 3.63) is 29.8 Å². The molecule has 2 atom stereocenters. The number of nitrogens with zero attached hydrogens (tertiary/aromatic N) is 1. The molecule has 1 aromatic rings. The second kappa shape index (κ2) is 3.58. The highest BCUT2D eigenvalue weighted by atomic mass is 32.2. The van der Waals surface area contributed by atoms with Crippen LogP contribution in [0.2, 0.25) is 0 Å².